The van der Waals surface area contributed by atoms with Gasteiger partial charge in [0.05, 0.1) is 10.9 Å². The summed E-state index contributed by atoms with van der Waals surface area (Å²) in [5.74, 6) is 0.229. The Kier molecular flexibility index (Phi) is 8.37. The van der Waals surface area contributed by atoms with E-state index in [0.29, 0.717) is 48.6 Å². The molecular formula is C42H40N6O4. The van der Waals surface area contributed by atoms with E-state index in [-0.39, 0.29) is 17.9 Å². The smallest absolute Gasteiger partial charge is 0.409 e. The third-order valence-corrected chi connectivity index (χ3v) is 10.7. The number of nitrogens with one attached hydrogen (secondary N) is 1. The van der Waals surface area contributed by atoms with Crippen molar-refractivity contribution in [2.75, 3.05) is 18.5 Å². The molecule has 8 rings (SSSR count). The standard InChI is InChI=1S/C42H40N6O4/c1-26-20-28-10-8-9-11-30(28)25-48(26)41(50)36-22-31-24-47(42(51)52-38-15-18-44-39-33(38)14-17-43-39)19-16-29(31)21-35(36)37-23-34(27(2)45(37)3)40(49)46(4)32-12-6-5-7-13-32/h5-15,17-18,21-23,26H,16,19-20,24-25H2,1-4H3,(H,43,44)/t26-/m1/s1. The maximum Gasteiger partial charge on any atom is 0.415 e. The summed E-state index contributed by atoms with van der Waals surface area (Å²) in [6.45, 7) is 5.28. The van der Waals surface area contributed by atoms with Gasteiger partial charge in [0.25, 0.3) is 11.8 Å². The number of pyridine rings is 1. The van der Waals surface area contributed by atoms with Gasteiger partial charge >= 0.3 is 6.09 Å². The molecule has 10 nitrogen and oxygen atoms in total. The van der Waals surface area contributed by atoms with E-state index in [4.69, 9.17) is 4.74 Å². The molecule has 0 aliphatic carbocycles. The van der Waals surface area contributed by atoms with Crippen molar-refractivity contribution in [3.05, 3.63) is 136 Å². The Morgan fingerprint density at radius 1 is 0.885 bits per heavy atom. The molecule has 6 aromatic rings. The minimum absolute atomic E-state index is 0.0183. The Morgan fingerprint density at radius 3 is 2.46 bits per heavy atom. The van der Waals surface area contributed by atoms with Crippen LogP contribution in [0.2, 0.25) is 0 Å². The van der Waals surface area contributed by atoms with E-state index in [1.165, 1.54) is 5.56 Å². The predicted molar refractivity (Wildman–Crippen MR) is 200 cm³/mol. The Hall–Kier alpha value is -6.16. The van der Waals surface area contributed by atoms with Crippen LogP contribution in [0.25, 0.3) is 22.3 Å². The molecule has 2 aliphatic heterocycles. The quantitative estimate of drug-likeness (QED) is 0.204. The summed E-state index contributed by atoms with van der Waals surface area (Å²) in [7, 11) is 3.72. The van der Waals surface area contributed by atoms with Crippen molar-refractivity contribution in [3.63, 3.8) is 0 Å². The molecule has 0 bridgehead atoms. The van der Waals surface area contributed by atoms with E-state index in [1.54, 1.807) is 35.3 Å². The number of aromatic amines is 1. The van der Waals surface area contributed by atoms with Crippen LogP contribution in [0.15, 0.2) is 97.3 Å². The molecule has 3 amide bonds. The summed E-state index contributed by atoms with van der Waals surface area (Å²) >= 11 is 0. The molecule has 1 atom stereocenters. The first-order valence-corrected chi connectivity index (χ1v) is 17.6. The highest BCUT2D eigenvalue weighted by Crippen LogP contribution is 2.36. The number of anilines is 1. The number of hydrogen-bond donors (Lipinski definition) is 1. The van der Waals surface area contributed by atoms with Crippen LogP contribution in [0.4, 0.5) is 10.5 Å². The van der Waals surface area contributed by atoms with Gasteiger partial charge in [-0.2, -0.15) is 0 Å². The lowest BCUT2D eigenvalue weighted by Crippen LogP contribution is -2.43. The van der Waals surface area contributed by atoms with Gasteiger partial charge in [0.1, 0.15) is 11.4 Å². The van der Waals surface area contributed by atoms with Gasteiger partial charge in [-0.15, -0.1) is 0 Å². The summed E-state index contributed by atoms with van der Waals surface area (Å²) in [5.41, 5.74) is 9.26. The number of aromatic nitrogens is 3. The summed E-state index contributed by atoms with van der Waals surface area (Å²) in [6.07, 6.45) is 4.26. The van der Waals surface area contributed by atoms with Crippen molar-refractivity contribution in [2.45, 2.75) is 45.8 Å². The highest BCUT2D eigenvalue weighted by atomic mass is 16.6. The zero-order valence-electron chi connectivity index (χ0n) is 29.7. The number of H-pyrrole nitrogens is 1. The topological polar surface area (TPSA) is 104 Å². The van der Waals surface area contributed by atoms with Gasteiger partial charge in [0.15, 0.2) is 0 Å². The van der Waals surface area contributed by atoms with Gasteiger partial charge in [-0.25, -0.2) is 9.78 Å². The second kappa shape index (κ2) is 13.2. The number of ether oxygens (including phenoxy) is 1. The molecule has 0 saturated heterocycles. The number of rotatable bonds is 5. The lowest BCUT2D eigenvalue weighted by molar-refractivity contribution is 0.0658. The molecule has 0 fully saturated rings. The highest BCUT2D eigenvalue weighted by molar-refractivity contribution is 6.08. The molecule has 0 unspecified atom stereocenters. The summed E-state index contributed by atoms with van der Waals surface area (Å²) in [5, 5.41) is 0.730. The second-order valence-electron chi connectivity index (χ2n) is 13.8. The lowest BCUT2D eigenvalue weighted by Gasteiger charge is -2.36. The molecule has 3 aromatic heterocycles. The molecule has 262 valence electrons. The van der Waals surface area contributed by atoms with E-state index in [0.717, 1.165) is 51.1 Å². The van der Waals surface area contributed by atoms with Crippen LogP contribution in [-0.4, -0.2) is 61.9 Å². The first-order chi connectivity index (χ1) is 25.2. The SMILES string of the molecule is Cc1c(C(=O)N(C)c2ccccc2)cc(-c2cc3c(cc2C(=O)N2Cc4ccccc4C[C@H]2C)CN(C(=O)Oc2ccnc4[nH]ccc24)CC3)n1C. The number of carbonyl (C=O) groups is 3. The summed E-state index contributed by atoms with van der Waals surface area (Å²) < 4.78 is 7.87. The normalized spacial score (nSPS) is 15.3. The average molecular weight is 693 g/mol. The van der Waals surface area contributed by atoms with Crippen molar-refractivity contribution in [1.82, 2.24) is 24.3 Å². The number of benzene rings is 3. The number of carbonyl (C=O) groups excluding carboxylic acids is 3. The van der Waals surface area contributed by atoms with Crippen molar-refractivity contribution < 1.29 is 19.1 Å². The molecule has 0 radical (unpaired) electrons. The van der Waals surface area contributed by atoms with Crippen LogP contribution in [-0.2, 0) is 33.0 Å². The van der Waals surface area contributed by atoms with Crippen LogP contribution >= 0.6 is 0 Å². The largest absolute Gasteiger partial charge is 0.415 e. The van der Waals surface area contributed by atoms with Crippen LogP contribution in [0, 0.1) is 6.92 Å². The van der Waals surface area contributed by atoms with Crippen LogP contribution in [0.3, 0.4) is 0 Å². The number of fused-ring (bicyclic) bond motifs is 3. The van der Waals surface area contributed by atoms with Gasteiger partial charge in [0, 0.05) is 86.4 Å². The van der Waals surface area contributed by atoms with Gasteiger partial charge < -0.3 is 29.0 Å². The van der Waals surface area contributed by atoms with Crippen molar-refractivity contribution in [1.29, 1.82) is 0 Å². The van der Waals surface area contributed by atoms with Crippen molar-refractivity contribution in [2.24, 2.45) is 7.05 Å². The summed E-state index contributed by atoms with van der Waals surface area (Å²) in [6, 6.07) is 27.3. The Balaban J connectivity index is 1.17. The van der Waals surface area contributed by atoms with Crippen LogP contribution in [0.1, 0.15) is 55.6 Å². The fourth-order valence-corrected chi connectivity index (χ4v) is 7.57. The molecular weight excluding hydrogens is 652 g/mol. The Labute approximate surface area is 302 Å². The van der Waals surface area contributed by atoms with Crippen molar-refractivity contribution in [3.8, 4) is 17.0 Å². The number of amides is 3. The molecule has 10 heteroatoms. The zero-order chi connectivity index (χ0) is 36.1. The van der Waals surface area contributed by atoms with Gasteiger partial charge in [0.2, 0.25) is 0 Å². The second-order valence-corrected chi connectivity index (χ2v) is 13.8. The molecule has 0 spiro atoms. The van der Waals surface area contributed by atoms with Crippen molar-refractivity contribution >= 4 is 34.6 Å². The maximum atomic E-state index is 14.8. The fraction of sp³-hybridized carbons (Fsp3) is 0.238. The Bertz CT molecular complexity index is 2360. The number of nitrogens with zero attached hydrogens (tertiary/aromatic N) is 5. The van der Waals surface area contributed by atoms with E-state index in [2.05, 4.69) is 35.1 Å². The van der Waals surface area contributed by atoms with E-state index in [1.807, 2.05) is 84.1 Å². The van der Waals surface area contributed by atoms with Gasteiger partial charge in [-0.1, -0.05) is 42.5 Å². The highest BCUT2D eigenvalue weighted by Gasteiger charge is 2.33. The first-order valence-electron chi connectivity index (χ1n) is 17.6. The van der Waals surface area contributed by atoms with Crippen LogP contribution in [0.5, 0.6) is 5.75 Å². The minimum atomic E-state index is -0.457. The molecule has 2 aliphatic rings. The molecule has 5 heterocycles. The monoisotopic (exact) mass is 692 g/mol. The first kappa shape index (κ1) is 33.0. The third-order valence-electron chi connectivity index (χ3n) is 10.7. The maximum absolute atomic E-state index is 14.8. The molecule has 0 saturated carbocycles. The fourth-order valence-electron chi connectivity index (χ4n) is 7.57. The van der Waals surface area contributed by atoms with E-state index in [9.17, 15) is 14.4 Å². The van der Waals surface area contributed by atoms with E-state index >= 15 is 0 Å². The predicted octanol–water partition coefficient (Wildman–Crippen LogP) is 7.30. The Morgan fingerprint density at radius 2 is 1.65 bits per heavy atom. The number of para-hydroxylation sites is 1. The zero-order valence-corrected chi connectivity index (χ0v) is 29.7. The lowest BCUT2D eigenvalue weighted by atomic mass is 9.90. The molecule has 3 aromatic carbocycles. The van der Waals surface area contributed by atoms with Crippen LogP contribution < -0.4 is 9.64 Å². The molecule has 1 N–H and O–H groups in total. The minimum Gasteiger partial charge on any atom is -0.409 e. The molecule has 52 heavy (non-hydrogen) atoms. The number of hydrogen-bond acceptors (Lipinski definition) is 5. The van der Waals surface area contributed by atoms with Gasteiger partial charge in [-0.05, 0) is 85.3 Å². The summed E-state index contributed by atoms with van der Waals surface area (Å²) in [4.78, 5) is 54.8. The van der Waals surface area contributed by atoms with E-state index < -0.39 is 6.09 Å². The third kappa shape index (κ3) is 5.79. The van der Waals surface area contributed by atoms with Gasteiger partial charge in [-0.3, -0.25) is 9.59 Å². The average Bonchev–Trinajstić information content (AvgIpc) is 3.77.